The Morgan fingerprint density at radius 1 is 1.05 bits per heavy atom. The highest BCUT2D eigenvalue weighted by atomic mass is 16.5. The van der Waals surface area contributed by atoms with E-state index in [0.29, 0.717) is 19.3 Å². The van der Waals surface area contributed by atoms with Gasteiger partial charge in [-0.2, -0.15) is 0 Å². The first-order valence-electron chi connectivity index (χ1n) is 6.36. The smallest absolute Gasteiger partial charge is 0.238 e. The van der Waals surface area contributed by atoms with Gasteiger partial charge in [-0.15, -0.1) is 0 Å². The summed E-state index contributed by atoms with van der Waals surface area (Å²) in [6.45, 7) is 1.91. The van der Waals surface area contributed by atoms with Crippen LogP contribution in [-0.4, -0.2) is 18.9 Å². The van der Waals surface area contributed by atoms with E-state index in [2.05, 4.69) is 10.9 Å². The van der Waals surface area contributed by atoms with Crippen molar-refractivity contribution in [2.45, 2.75) is 32.6 Å². The number of carbonyl (C=O) groups excluding carboxylic acids is 2. The van der Waals surface area contributed by atoms with Crippen LogP contribution in [0.3, 0.4) is 0 Å². The molecule has 19 heavy (non-hydrogen) atoms. The summed E-state index contributed by atoms with van der Waals surface area (Å²) in [5.74, 6) is 0.431. The van der Waals surface area contributed by atoms with Gasteiger partial charge in [-0.05, 0) is 30.5 Å². The minimum atomic E-state index is -0.194. The molecule has 0 saturated carbocycles. The number of carbonyl (C=O) groups is 2. The fraction of sp³-hybridized carbons (Fsp3) is 0.429. The van der Waals surface area contributed by atoms with E-state index in [-0.39, 0.29) is 11.8 Å². The number of amides is 2. The first-order chi connectivity index (χ1) is 9.15. The third-order valence-corrected chi connectivity index (χ3v) is 2.62. The van der Waals surface area contributed by atoms with Crippen LogP contribution in [-0.2, 0) is 16.0 Å². The van der Waals surface area contributed by atoms with Crippen LogP contribution in [0.1, 0.15) is 31.7 Å². The second kappa shape index (κ2) is 8.13. The Morgan fingerprint density at radius 3 is 2.16 bits per heavy atom. The van der Waals surface area contributed by atoms with Gasteiger partial charge >= 0.3 is 0 Å². The largest absolute Gasteiger partial charge is 0.497 e. The Balaban J connectivity index is 2.27. The molecule has 1 aromatic rings. The lowest BCUT2D eigenvalue weighted by Gasteiger charge is -2.07. The maximum atomic E-state index is 11.5. The minimum Gasteiger partial charge on any atom is -0.497 e. The molecule has 0 heterocycles. The third-order valence-electron chi connectivity index (χ3n) is 2.62. The van der Waals surface area contributed by atoms with Crippen molar-refractivity contribution in [1.29, 1.82) is 0 Å². The fourth-order valence-electron chi connectivity index (χ4n) is 1.54. The van der Waals surface area contributed by atoms with E-state index < -0.39 is 0 Å². The van der Waals surface area contributed by atoms with Gasteiger partial charge in [0.05, 0.1) is 7.11 Å². The molecule has 0 radical (unpaired) electrons. The van der Waals surface area contributed by atoms with Gasteiger partial charge in [-0.3, -0.25) is 20.4 Å². The molecule has 2 amide bonds. The number of aryl methyl sites for hydroxylation is 1. The maximum Gasteiger partial charge on any atom is 0.238 e. The molecule has 0 bridgehead atoms. The van der Waals surface area contributed by atoms with Gasteiger partial charge in [0.25, 0.3) is 0 Å². The molecule has 0 aliphatic rings. The summed E-state index contributed by atoms with van der Waals surface area (Å²) >= 11 is 0. The van der Waals surface area contributed by atoms with Crippen LogP contribution in [0.15, 0.2) is 24.3 Å². The van der Waals surface area contributed by atoms with Gasteiger partial charge in [0.1, 0.15) is 5.75 Å². The van der Waals surface area contributed by atoms with Crippen molar-refractivity contribution in [3.05, 3.63) is 29.8 Å². The predicted molar refractivity (Wildman–Crippen MR) is 72.5 cm³/mol. The average Bonchev–Trinajstić information content (AvgIpc) is 2.44. The SMILES string of the molecule is CCCC(=O)NNC(=O)CCc1ccc(OC)cc1. The monoisotopic (exact) mass is 264 g/mol. The van der Waals surface area contributed by atoms with Gasteiger partial charge in [0.2, 0.25) is 11.8 Å². The summed E-state index contributed by atoms with van der Waals surface area (Å²) in [4.78, 5) is 22.7. The maximum absolute atomic E-state index is 11.5. The molecule has 5 heteroatoms. The fourth-order valence-corrected chi connectivity index (χ4v) is 1.54. The Bertz CT molecular complexity index is 415. The van der Waals surface area contributed by atoms with Gasteiger partial charge in [0.15, 0.2) is 0 Å². The van der Waals surface area contributed by atoms with Crippen LogP contribution in [0.25, 0.3) is 0 Å². The number of benzene rings is 1. The number of hydrogen-bond donors (Lipinski definition) is 2. The van der Waals surface area contributed by atoms with Crippen molar-refractivity contribution in [3.8, 4) is 5.75 Å². The predicted octanol–water partition coefficient (Wildman–Crippen LogP) is 1.58. The van der Waals surface area contributed by atoms with Crippen molar-refractivity contribution in [1.82, 2.24) is 10.9 Å². The molecule has 0 unspecified atom stereocenters. The van der Waals surface area contributed by atoms with E-state index in [1.54, 1.807) is 7.11 Å². The number of methoxy groups -OCH3 is 1. The Kier molecular flexibility index (Phi) is 6.43. The van der Waals surface area contributed by atoms with Crippen LogP contribution in [0.5, 0.6) is 5.75 Å². The summed E-state index contributed by atoms with van der Waals surface area (Å²) in [6.07, 6.45) is 2.13. The standard InChI is InChI=1S/C14H20N2O3/c1-3-4-13(17)15-16-14(18)10-7-11-5-8-12(19-2)9-6-11/h5-6,8-9H,3-4,7,10H2,1-2H3,(H,15,17)(H,16,18). The molecule has 0 spiro atoms. The summed E-state index contributed by atoms with van der Waals surface area (Å²) in [6, 6.07) is 7.55. The zero-order valence-electron chi connectivity index (χ0n) is 11.4. The minimum absolute atomic E-state index is 0.166. The lowest BCUT2D eigenvalue weighted by Crippen LogP contribution is -2.41. The molecular formula is C14H20N2O3. The number of ether oxygens (including phenoxy) is 1. The summed E-state index contributed by atoms with van der Waals surface area (Å²) in [7, 11) is 1.61. The Morgan fingerprint density at radius 2 is 1.63 bits per heavy atom. The van der Waals surface area contributed by atoms with E-state index in [4.69, 9.17) is 4.74 Å². The molecule has 0 fully saturated rings. The van der Waals surface area contributed by atoms with Crippen molar-refractivity contribution in [2.75, 3.05) is 7.11 Å². The lowest BCUT2D eigenvalue weighted by molar-refractivity contribution is -0.128. The highest BCUT2D eigenvalue weighted by molar-refractivity contribution is 5.81. The highest BCUT2D eigenvalue weighted by Gasteiger charge is 2.04. The molecule has 0 atom stereocenters. The second-order valence-corrected chi connectivity index (χ2v) is 4.19. The van der Waals surface area contributed by atoms with Crippen LogP contribution in [0.4, 0.5) is 0 Å². The number of hydrazine groups is 1. The molecule has 104 valence electrons. The van der Waals surface area contributed by atoms with E-state index in [9.17, 15) is 9.59 Å². The van der Waals surface area contributed by atoms with E-state index in [1.807, 2.05) is 31.2 Å². The van der Waals surface area contributed by atoms with Gasteiger partial charge in [-0.1, -0.05) is 19.1 Å². The summed E-state index contributed by atoms with van der Waals surface area (Å²) in [5, 5.41) is 0. The zero-order valence-corrected chi connectivity index (χ0v) is 11.4. The van der Waals surface area contributed by atoms with Gasteiger partial charge in [0, 0.05) is 12.8 Å². The van der Waals surface area contributed by atoms with Crippen molar-refractivity contribution < 1.29 is 14.3 Å². The number of hydrogen-bond acceptors (Lipinski definition) is 3. The lowest BCUT2D eigenvalue weighted by atomic mass is 10.1. The second-order valence-electron chi connectivity index (χ2n) is 4.19. The van der Waals surface area contributed by atoms with Crippen molar-refractivity contribution >= 4 is 11.8 Å². The normalized spacial score (nSPS) is 9.79. The van der Waals surface area contributed by atoms with E-state index >= 15 is 0 Å². The molecule has 0 aliphatic heterocycles. The number of nitrogens with one attached hydrogen (secondary N) is 2. The molecule has 2 N–H and O–H groups in total. The van der Waals surface area contributed by atoms with E-state index in [1.165, 1.54) is 0 Å². The van der Waals surface area contributed by atoms with Gasteiger partial charge < -0.3 is 4.74 Å². The zero-order chi connectivity index (χ0) is 14.1. The first kappa shape index (κ1) is 15.0. The molecule has 1 rings (SSSR count). The molecule has 0 aromatic heterocycles. The molecule has 0 aliphatic carbocycles. The third kappa shape index (κ3) is 5.90. The van der Waals surface area contributed by atoms with Crippen LogP contribution in [0, 0.1) is 0 Å². The molecule has 1 aromatic carbocycles. The highest BCUT2D eigenvalue weighted by Crippen LogP contribution is 2.12. The van der Waals surface area contributed by atoms with Crippen molar-refractivity contribution in [2.24, 2.45) is 0 Å². The van der Waals surface area contributed by atoms with Crippen molar-refractivity contribution in [3.63, 3.8) is 0 Å². The molecular weight excluding hydrogens is 244 g/mol. The van der Waals surface area contributed by atoms with Crippen LogP contribution in [0.2, 0.25) is 0 Å². The Labute approximate surface area is 113 Å². The quantitative estimate of drug-likeness (QED) is 0.766. The van der Waals surface area contributed by atoms with E-state index in [0.717, 1.165) is 17.7 Å². The van der Waals surface area contributed by atoms with Gasteiger partial charge in [-0.25, -0.2) is 0 Å². The average molecular weight is 264 g/mol. The summed E-state index contributed by atoms with van der Waals surface area (Å²) in [5.41, 5.74) is 5.83. The van der Waals surface area contributed by atoms with Crippen LogP contribution >= 0.6 is 0 Å². The summed E-state index contributed by atoms with van der Waals surface area (Å²) < 4.78 is 5.06. The Hall–Kier alpha value is -2.04. The number of rotatable bonds is 6. The topological polar surface area (TPSA) is 67.4 Å². The molecule has 0 saturated heterocycles. The van der Waals surface area contributed by atoms with Crippen LogP contribution < -0.4 is 15.6 Å². The molecule has 5 nitrogen and oxygen atoms in total. The first-order valence-corrected chi connectivity index (χ1v) is 6.36.